The Morgan fingerprint density at radius 1 is 1.08 bits per heavy atom. The Balaban J connectivity index is 1.33. The molecule has 1 saturated heterocycles. The SMILES string of the molecule is NC(=O)C1CCN(CC2Cc3cc(Cc4ccccc4)ccc3O2)CC1. The van der Waals surface area contributed by atoms with Gasteiger partial charge in [0.15, 0.2) is 0 Å². The Morgan fingerprint density at radius 3 is 2.58 bits per heavy atom. The highest BCUT2D eigenvalue weighted by atomic mass is 16.5. The van der Waals surface area contributed by atoms with Gasteiger partial charge in [0.1, 0.15) is 11.9 Å². The highest BCUT2D eigenvalue weighted by Gasteiger charge is 2.28. The van der Waals surface area contributed by atoms with Crippen molar-refractivity contribution in [3.63, 3.8) is 0 Å². The number of amides is 1. The fraction of sp³-hybridized carbons (Fsp3) is 0.409. The summed E-state index contributed by atoms with van der Waals surface area (Å²) in [6, 6.07) is 17.1. The van der Waals surface area contributed by atoms with Gasteiger partial charge >= 0.3 is 0 Å². The van der Waals surface area contributed by atoms with E-state index in [0.717, 1.165) is 51.1 Å². The van der Waals surface area contributed by atoms with E-state index in [1.54, 1.807) is 0 Å². The van der Waals surface area contributed by atoms with E-state index in [4.69, 9.17) is 10.5 Å². The fourth-order valence-corrected chi connectivity index (χ4v) is 4.11. The molecule has 4 rings (SSSR count). The fourth-order valence-electron chi connectivity index (χ4n) is 4.11. The summed E-state index contributed by atoms with van der Waals surface area (Å²) in [5, 5.41) is 0. The van der Waals surface area contributed by atoms with Crippen molar-refractivity contribution in [1.82, 2.24) is 4.90 Å². The number of likely N-dealkylation sites (tertiary alicyclic amines) is 1. The highest BCUT2D eigenvalue weighted by Crippen LogP contribution is 2.31. The zero-order chi connectivity index (χ0) is 17.9. The maximum atomic E-state index is 11.3. The lowest BCUT2D eigenvalue weighted by Gasteiger charge is -2.31. The van der Waals surface area contributed by atoms with Crippen molar-refractivity contribution in [1.29, 1.82) is 0 Å². The minimum absolute atomic E-state index is 0.0495. The minimum Gasteiger partial charge on any atom is -0.488 e. The van der Waals surface area contributed by atoms with Crippen LogP contribution in [0.15, 0.2) is 48.5 Å². The standard InChI is InChI=1S/C22H26N2O2/c23-22(25)18-8-10-24(11-9-18)15-20-14-19-13-17(6-7-21(19)26-20)12-16-4-2-1-3-5-16/h1-7,13,18,20H,8-12,14-15H2,(H2,23,25). The monoisotopic (exact) mass is 350 g/mol. The number of primary amides is 1. The lowest BCUT2D eigenvalue weighted by molar-refractivity contribution is -0.123. The zero-order valence-corrected chi connectivity index (χ0v) is 15.1. The molecular formula is C22H26N2O2. The van der Waals surface area contributed by atoms with E-state index in [9.17, 15) is 4.79 Å². The molecule has 4 heteroatoms. The van der Waals surface area contributed by atoms with E-state index in [1.807, 2.05) is 0 Å². The molecular weight excluding hydrogens is 324 g/mol. The quantitative estimate of drug-likeness (QED) is 0.902. The molecule has 1 amide bonds. The van der Waals surface area contributed by atoms with Crippen LogP contribution in [0.25, 0.3) is 0 Å². The van der Waals surface area contributed by atoms with Gasteiger partial charge in [0.2, 0.25) is 5.91 Å². The van der Waals surface area contributed by atoms with Gasteiger partial charge in [-0.15, -0.1) is 0 Å². The van der Waals surface area contributed by atoms with Crippen LogP contribution in [0.5, 0.6) is 5.75 Å². The molecule has 0 spiro atoms. The molecule has 1 unspecified atom stereocenters. The van der Waals surface area contributed by atoms with Crippen molar-refractivity contribution in [3.05, 3.63) is 65.2 Å². The molecule has 4 nitrogen and oxygen atoms in total. The number of benzene rings is 2. The first-order chi connectivity index (χ1) is 12.7. The Bertz CT molecular complexity index is 767. The number of hydrogen-bond donors (Lipinski definition) is 1. The van der Waals surface area contributed by atoms with Gasteiger partial charge in [-0.05, 0) is 55.1 Å². The van der Waals surface area contributed by atoms with Crippen LogP contribution in [0, 0.1) is 5.92 Å². The van der Waals surface area contributed by atoms with Gasteiger partial charge in [0.25, 0.3) is 0 Å². The van der Waals surface area contributed by atoms with Crippen molar-refractivity contribution in [2.24, 2.45) is 11.7 Å². The van der Waals surface area contributed by atoms with E-state index in [1.165, 1.54) is 16.7 Å². The number of carbonyl (C=O) groups excluding carboxylic acids is 1. The van der Waals surface area contributed by atoms with Crippen LogP contribution in [0.1, 0.15) is 29.5 Å². The molecule has 136 valence electrons. The largest absolute Gasteiger partial charge is 0.488 e. The number of hydrogen-bond acceptors (Lipinski definition) is 3. The van der Waals surface area contributed by atoms with Crippen LogP contribution in [-0.4, -0.2) is 36.5 Å². The molecule has 2 N–H and O–H groups in total. The number of piperidine rings is 1. The Labute approximate surface area is 155 Å². The summed E-state index contributed by atoms with van der Waals surface area (Å²) in [6.45, 7) is 2.79. The van der Waals surface area contributed by atoms with Crippen molar-refractivity contribution in [2.75, 3.05) is 19.6 Å². The lowest BCUT2D eigenvalue weighted by Crippen LogP contribution is -2.42. The van der Waals surface area contributed by atoms with Gasteiger partial charge < -0.3 is 10.5 Å². The van der Waals surface area contributed by atoms with Crippen LogP contribution < -0.4 is 10.5 Å². The topological polar surface area (TPSA) is 55.6 Å². The molecule has 2 aromatic rings. The van der Waals surface area contributed by atoms with Crippen LogP contribution >= 0.6 is 0 Å². The second-order valence-electron chi connectivity index (χ2n) is 7.53. The van der Waals surface area contributed by atoms with E-state index >= 15 is 0 Å². The summed E-state index contributed by atoms with van der Waals surface area (Å²) >= 11 is 0. The van der Waals surface area contributed by atoms with Gasteiger partial charge in [-0.2, -0.15) is 0 Å². The Kier molecular flexibility index (Phi) is 4.93. The van der Waals surface area contributed by atoms with Gasteiger partial charge in [-0.3, -0.25) is 9.69 Å². The van der Waals surface area contributed by atoms with Crippen LogP contribution in [0.2, 0.25) is 0 Å². The van der Waals surface area contributed by atoms with Gasteiger partial charge in [-0.1, -0.05) is 42.5 Å². The van der Waals surface area contributed by atoms with E-state index < -0.39 is 0 Å². The molecule has 2 aliphatic rings. The highest BCUT2D eigenvalue weighted by molar-refractivity contribution is 5.76. The molecule has 1 fully saturated rings. The van der Waals surface area contributed by atoms with Crippen molar-refractivity contribution < 1.29 is 9.53 Å². The summed E-state index contributed by atoms with van der Waals surface area (Å²) in [6.07, 6.45) is 3.88. The first-order valence-electron chi connectivity index (χ1n) is 9.51. The third-order valence-corrected chi connectivity index (χ3v) is 5.57. The van der Waals surface area contributed by atoms with E-state index in [2.05, 4.69) is 53.4 Å². The van der Waals surface area contributed by atoms with Crippen LogP contribution in [0.3, 0.4) is 0 Å². The zero-order valence-electron chi connectivity index (χ0n) is 15.1. The average Bonchev–Trinajstić information content (AvgIpc) is 3.04. The first-order valence-corrected chi connectivity index (χ1v) is 9.51. The number of rotatable bonds is 5. The third-order valence-electron chi connectivity index (χ3n) is 5.57. The number of carbonyl (C=O) groups is 1. The van der Waals surface area contributed by atoms with Gasteiger partial charge in [0.05, 0.1) is 0 Å². The molecule has 26 heavy (non-hydrogen) atoms. The maximum absolute atomic E-state index is 11.3. The summed E-state index contributed by atoms with van der Waals surface area (Å²) in [5.41, 5.74) is 9.40. The molecule has 0 saturated carbocycles. The lowest BCUT2D eigenvalue weighted by atomic mass is 9.96. The second kappa shape index (κ2) is 7.50. The molecule has 0 aromatic heterocycles. The normalized spacial score (nSPS) is 20.5. The number of ether oxygens (including phenoxy) is 1. The average molecular weight is 350 g/mol. The Hall–Kier alpha value is -2.33. The van der Waals surface area contributed by atoms with Crippen LogP contribution in [0.4, 0.5) is 0 Å². The van der Waals surface area contributed by atoms with E-state index in [0.29, 0.717) is 0 Å². The molecule has 2 heterocycles. The molecule has 0 radical (unpaired) electrons. The van der Waals surface area contributed by atoms with Crippen molar-refractivity contribution >= 4 is 5.91 Å². The molecule has 1 atom stereocenters. The van der Waals surface area contributed by atoms with Crippen molar-refractivity contribution in [3.8, 4) is 5.75 Å². The van der Waals surface area contributed by atoms with E-state index in [-0.39, 0.29) is 17.9 Å². The van der Waals surface area contributed by atoms with Gasteiger partial charge in [0, 0.05) is 18.9 Å². The first kappa shape index (κ1) is 17.1. The number of nitrogens with two attached hydrogens (primary N) is 1. The summed E-state index contributed by atoms with van der Waals surface area (Å²) in [5.74, 6) is 0.924. The second-order valence-corrected chi connectivity index (χ2v) is 7.53. The Morgan fingerprint density at radius 2 is 1.85 bits per heavy atom. The smallest absolute Gasteiger partial charge is 0.220 e. The van der Waals surface area contributed by atoms with Crippen LogP contribution in [-0.2, 0) is 17.6 Å². The van der Waals surface area contributed by atoms with Gasteiger partial charge in [-0.25, -0.2) is 0 Å². The number of nitrogens with zero attached hydrogens (tertiary/aromatic N) is 1. The predicted octanol–water partition coefficient (Wildman–Crippen LogP) is 2.78. The molecule has 2 aliphatic heterocycles. The summed E-state index contributed by atoms with van der Waals surface area (Å²) in [4.78, 5) is 13.7. The summed E-state index contributed by atoms with van der Waals surface area (Å²) in [7, 11) is 0. The molecule has 0 bridgehead atoms. The molecule has 0 aliphatic carbocycles. The van der Waals surface area contributed by atoms with Crippen molar-refractivity contribution in [2.45, 2.75) is 31.8 Å². The third kappa shape index (κ3) is 3.91. The molecule has 2 aromatic carbocycles. The number of fused-ring (bicyclic) bond motifs is 1. The predicted molar refractivity (Wildman–Crippen MR) is 102 cm³/mol. The maximum Gasteiger partial charge on any atom is 0.220 e. The summed E-state index contributed by atoms with van der Waals surface area (Å²) < 4.78 is 6.16. The minimum atomic E-state index is -0.153.